The second-order valence-corrected chi connectivity index (χ2v) is 9.11. The molecule has 178 valence electrons. The van der Waals surface area contributed by atoms with Crippen molar-refractivity contribution in [2.45, 2.75) is 51.2 Å². The largest absolute Gasteiger partial charge is 0.381 e. The highest BCUT2D eigenvalue weighted by atomic mass is 127. The molecule has 7 nitrogen and oxygen atoms in total. The highest BCUT2D eigenvalue weighted by Crippen LogP contribution is 2.18. The first-order chi connectivity index (χ1) is 15.2. The van der Waals surface area contributed by atoms with Crippen LogP contribution in [0.15, 0.2) is 29.3 Å². The molecule has 3 saturated heterocycles. The minimum absolute atomic E-state index is 0. The Kier molecular flexibility index (Phi) is 10.1. The van der Waals surface area contributed by atoms with Crippen molar-refractivity contribution in [1.29, 1.82) is 0 Å². The Hall–Kier alpha value is -1.39. The number of carbonyl (C=O) groups excluding carboxylic acids is 1. The first-order valence-corrected chi connectivity index (χ1v) is 11.8. The Morgan fingerprint density at radius 2 is 2.00 bits per heavy atom. The van der Waals surface area contributed by atoms with E-state index in [-0.39, 0.29) is 29.9 Å². The monoisotopic (exact) mass is 555 g/mol. The number of piperidine rings is 1. The van der Waals surface area contributed by atoms with Crippen LogP contribution in [-0.4, -0.2) is 74.1 Å². The van der Waals surface area contributed by atoms with E-state index in [9.17, 15) is 4.79 Å². The van der Waals surface area contributed by atoms with Gasteiger partial charge in [-0.3, -0.25) is 9.79 Å². The van der Waals surface area contributed by atoms with Gasteiger partial charge < -0.3 is 25.2 Å². The minimum atomic E-state index is 0. The van der Waals surface area contributed by atoms with Crippen LogP contribution < -0.4 is 10.6 Å². The molecule has 3 fully saturated rings. The molecule has 3 aliphatic rings. The number of benzene rings is 1. The fraction of sp³-hybridized carbons (Fsp3) is 0.667. The SMILES string of the molecule is CN=C(NCc1cccc(CN2CCCC2=O)c1)NC1CCN(CC2CCOC2)CC1.I. The van der Waals surface area contributed by atoms with E-state index in [0.717, 1.165) is 70.5 Å². The standard InChI is InChI=1S/C24H37N5O2.HI/c1-25-24(27-22-7-11-28(12-8-22)16-21-9-13-31-18-21)26-15-19-4-2-5-20(14-19)17-29-10-3-6-23(29)30;/h2,4-5,14,21-22H,3,6-13,15-18H2,1H3,(H2,25,26,27);1H. The maximum Gasteiger partial charge on any atom is 0.222 e. The first kappa shape index (κ1) is 25.2. The Labute approximate surface area is 209 Å². The molecule has 3 heterocycles. The third-order valence-corrected chi connectivity index (χ3v) is 6.69. The zero-order chi connectivity index (χ0) is 21.5. The summed E-state index contributed by atoms with van der Waals surface area (Å²) in [7, 11) is 1.83. The van der Waals surface area contributed by atoms with E-state index in [2.05, 4.69) is 44.8 Å². The zero-order valence-corrected chi connectivity index (χ0v) is 21.6. The van der Waals surface area contributed by atoms with Crippen LogP contribution in [0.1, 0.15) is 43.2 Å². The van der Waals surface area contributed by atoms with Gasteiger partial charge in [-0.1, -0.05) is 24.3 Å². The van der Waals surface area contributed by atoms with Gasteiger partial charge in [-0.05, 0) is 42.7 Å². The molecule has 1 aromatic carbocycles. The summed E-state index contributed by atoms with van der Waals surface area (Å²) in [5.74, 6) is 1.86. The molecule has 2 N–H and O–H groups in total. The number of guanidine groups is 1. The van der Waals surface area contributed by atoms with Crippen molar-refractivity contribution in [3.8, 4) is 0 Å². The van der Waals surface area contributed by atoms with Crippen molar-refractivity contribution in [2.75, 3.05) is 46.4 Å². The number of halogens is 1. The van der Waals surface area contributed by atoms with Crippen LogP contribution in [0.4, 0.5) is 0 Å². The van der Waals surface area contributed by atoms with Crippen molar-refractivity contribution in [2.24, 2.45) is 10.9 Å². The van der Waals surface area contributed by atoms with Crippen LogP contribution >= 0.6 is 24.0 Å². The molecule has 0 aromatic heterocycles. The van der Waals surface area contributed by atoms with Crippen molar-refractivity contribution >= 4 is 35.8 Å². The third kappa shape index (κ3) is 7.31. The molecule has 1 aromatic rings. The lowest BCUT2D eigenvalue weighted by Gasteiger charge is -2.34. The maximum atomic E-state index is 11.9. The van der Waals surface area contributed by atoms with Crippen LogP contribution in [0.25, 0.3) is 0 Å². The lowest BCUT2D eigenvalue weighted by atomic mass is 10.0. The summed E-state index contributed by atoms with van der Waals surface area (Å²) >= 11 is 0. The molecule has 3 aliphatic heterocycles. The average molecular weight is 556 g/mol. The summed E-state index contributed by atoms with van der Waals surface area (Å²) in [6.07, 6.45) is 5.18. The summed E-state index contributed by atoms with van der Waals surface area (Å²) in [5, 5.41) is 7.06. The molecule has 1 unspecified atom stereocenters. The van der Waals surface area contributed by atoms with Gasteiger partial charge in [0, 0.05) is 65.4 Å². The quantitative estimate of drug-likeness (QED) is 0.308. The Balaban J connectivity index is 0.00000289. The van der Waals surface area contributed by atoms with Crippen molar-refractivity contribution in [3.05, 3.63) is 35.4 Å². The Morgan fingerprint density at radius 3 is 2.69 bits per heavy atom. The highest BCUT2D eigenvalue weighted by Gasteiger charge is 2.24. The highest BCUT2D eigenvalue weighted by molar-refractivity contribution is 14.0. The van der Waals surface area contributed by atoms with E-state index >= 15 is 0 Å². The maximum absolute atomic E-state index is 11.9. The first-order valence-electron chi connectivity index (χ1n) is 11.8. The van der Waals surface area contributed by atoms with E-state index in [0.29, 0.717) is 19.0 Å². The van der Waals surface area contributed by atoms with E-state index < -0.39 is 0 Å². The number of nitrogens with zero attached hydrogens (tertiary/aromatic N) is 3. The van der Waals surface area contributed by atoms with Crippen LogP contribution in [0.5, 0.6) is 0 Å². The molecule has 32 heavy (non-hydrogen) atoms. The van der Waals surface area contributed by atoms with Crippen molar-refractivity contribution < 1.29 is 9.53 Å². The Bertz CT molecular complexity index is 761. The van der Waals surface area contributed by atoms with Gasteiger partial charge in [-0.15, -0.1) is 24.0 Å². The summed E-state index contributed by atoms with van der Waals surface area (Å²) in [6.45, 7) is 7.65. The summed E-state index contributed by atoms with van der Waals surface area (Å²) < 4.78 is 5.51. The van der Waals surface area contributed by atoms with Crippen LogP contribution in [0, 0.1) is 5.92 Å². The lowest BCUT2D eigenvalue weighted by Crippen LogP contribution is -2.49. The number of hydrogen-bond donors (Lipinski definition) is 2. The summed E-state index contributed by atoms with van der Waals surface area (Å²) in [5.41, 5.74) is 2.40. The molecule has 1 amide bonds. The van der Waals surface area contributed by atoms with E-state index in [1.165, 1.54) is 24.1 Å². The van der Waals surface area contributed by atoms with Gasteiger partial charge in [-0.25, -0.2) is 0 Å². The number of likely N-dealkylation sites (tertiary alicyclic amines) is 2. The van der Waals surface area contributed by atoms with Crippen LogP contribution in [0.2, 0.25) is 0 Å². The zero-order valence-electron chi connectivity index (χ0n) is 19.2. The topological polar surface area (TPSA) is 69.2 Å². The molecule has 0 aliphatic carbocycles. The molecule has 0 radical (unpaired) electrons. The summed E-state index contributed by atoms with van der Waals surface area (Å²) in [4.78, 5) is 20.9. The normalized spacial score (nSPS) is 22.8. The molecular weight excluding hydrogens is 517 g/mol. The number of carbonyl (C=O) groups is 1. The smallest absolute Gasteiger partial charge is 0.222 e. The number of nitrogens with one attached hydrogen (secondary N) is 2. The number of hydrogen-bond acceptors (Lipinski definition) is 4. The predicted molar refractivity (Wildman–Crippen MR) is 138 cm³/mol. The minimum Gasteiger partial charge on any atom is -0.381 e. The fourth-order valence-corrected chi connectivity index (χ4v) is 4.86. The van der Waals surface area contributed by atoms with Gasteiger partial charge in [0.15, 0.2) is 5.96 Å². The van der Waals surface area contributed by atoms with Gasteiger partial charge in [0.1, 0.15) is 0 Å². The molecule has 0 spiro atoms. The molecule has 8 heteroatoms. The second-order valence-electron chi connectivity index (χ2n) is 9.11. The number of aliphatic imine (C=N–C) groups is 1. The average Bonchev–Trinajstić information content (AvgIpc) is 3.44. The van der Waals surface area contributed by atoms with Crippen molar-refractivity contribution in [1.82, 2.24) is 20.4 Å². The summed E-state index contributed by atoms with van der Waals surface area (Å²) in [6, 6.07) is 8.97. The molecular formula is C24H38IN5O2. The number of amides is 1. The molecule has 0 saturated carbocycles. The number of rotatable bonds is 7. The third-order valence-electron chi connectivity index (χ3n) is 6.69. The molecule has 4 rings (SSSR count). The predicted octanol–water partition coefficient (Wildman–Crippen LogP) is 2.59. The van der Waals surface area contributed by atoms with Gasteiger partial charge in [-0.2, -0.15) is 0 Å². The van der Waals surface area contributed by atoms with Crippen LogP contribution in [-0.2, 0) is 22.6 Å². The van der Waals surface area contributed by atoms with Gasteiger partial charge in [0.05, 0.1) is 6.61 Å². The van der Waals surface area contributed by atoms with Gasteiger partial charge in [0.2, 0.25) is 5.91 Å². The van der Waals surface area contributed by atoms with Crippen LogP contribution in [0.3, 0.4) is 0 Å². The van der Waals surface area contributed by atoms with Crippen molar-refractivity contribution in [3.63, 3.8) is 0 Å². The van der Waals surface area contributed by atoms with Gasteiger partial charge in [0.25, 0.3) is 0 Å². The second kappa shape index (κ2) is 12.7. The number of ether oxygens (including phenoxy) is 1. The fourth-order valence-electron chi connectivity index (χ4n) is 4.86. The molecule has 1 atom stereocenters. The van der Waals surface area contributed by atoms with E-state index in [4.69, 9.17) is 4.74 Å². The van der Waals surface area contributed by atoms with E-state index in [1.54, 1.807) is 0 Å². The van der Waals surface area contributed by atoms with E-state index in [1.807, 2.05) is 11.9 Å². The van der Waals surface area contributed by atoms with Gasteiger partial charge >= 0.3 is 0 Å². The lowest BCUT2D eigenvalue weighted by molar-refractivity contribution is -0.128. The molecule has 0 bridgehead atoms. The Morgan fingerprint density at radius 1 is 1.19 bits per heavy atom.